The van der Waals surface area contributed by atoms with Crippen LogP contribution in [0, 0.1) is 6.92 Å². The standard InChI is InChI=1S/C13H13NO2S/c1-9-2-4-10(5-3-9)6-7-12-14-11(8-17-12)13(15)16/h2-5,8H,6-7H2,1H3,(H,15,16). The Balaban J connectivity index is 1.97. The van der Waals surface area contributed by atoms with E-state index < -0.39 is 5.97 Å². The number of hydrogen-bond acceptors (Lipinski definition) is 3. The Morgan fingerprint density at radius 2 is 2.00 bits per heavy atom. The molecule has 0 saturated heterocycles. The van der Waals surface area contributed by atoms with Gasteiger partial charge in [-0.15, -0.1) is 11.3 Å². The van der Waals surface area contributed by atoms with Crippen LogP contribution in [0.5, 0.6) is 0 Å². The molecule has 0 saturated carbocycles. The number of thiazole rings is 1. The summed E-state index contributed by atoms with van der Waals surface area (Å²) in [5.74, 6) is -0.956. The third-order valence-corrected chi connectivity index (χ3v) is 3.43. The monoisotopic (exact) mass is 247 g/mol. The Bertz CT molecular complexity index is 516. The first kappa shape index (κ1) is 11.8. The molecule has 3 nitrogen and oxygen atoms in total. The summed E-state index contributed by atoms with van der Waals surface area (Å²) in [4.78, 5) is 14.7. The number of nitrogens with zero attached hydrogens (tertiary/aromatic N) is 1. The second-order valence-electron chi connectivity index (χ2n) is 3.92. The van der Waals surface area contributed by atoms with Crippen molar-refractivity contribution in [2.45, 2.75) is 19.8 Å². The molecule has 0 aliphatic heterocycles. The number of aromatic carboxylic acids is 1. The molecular formula is C13H13NO2S. The highest BCUT2D eigenvalue weighted by molar-refractivity contribution is 7.09. The fraction of sp³-hybridized carbons (Fsp3) is 0.231. The van der Waals surface area contributed by atoms with Crippen molar-refractivity contribution in [3.63, 3.8) is 0 Å². The number of rotatable bonds is 4. The normalized spacial score (nSPS) is 10.4. The van der Waals surface area contributed by atoms with Crippen molar-refractivity contribution in [2.75, 3.05) is 0 Å². The lowest BCUT2D eigenvalue weighted by Crippen LogP contribution is -1.97. The lowest BCUT2D eigenvalue weighted by molar-refractivity contribution is 0.0691. The average molecular weight is 247 g/mol. The van der Waals surface area contributed by atoms with Gasteiger partial charge in [0.05, 0.1) is 5.01 Å². The number of carboxylic acid groups (broad SMARTS) is 1. The topological polar surface area (TPSA) is 50.2 Å². The fourth-order valence-corrected chi connectivity index (χ4v) is 2.30. The zero-order valence-electron chi connectivity index (χ0n) is 9.51. The summed E-state index contributed by atoms with van der Waals surface area (Å²) in [6, 6.07) is 8.36. The van der Waals surface area contributed by atoms with Gasteiger partial charge in [-0.3, -0.25) is 0 Å². The van der Waals surface area contributed by atoms with Crippen LogP contribution in [0.3, 0.4) is 0 Å². The number of aromatic nitrogens is 1. The molecule has 0 fully saturated rings. The first-order valence-electron chi connectivity index (χ1n) is 5.38. The third-order valence-electron chi connectivity index (χ3n) is 2.52. The zero-order chi connectivity index (χ0) is 12.3. The Kier molecular flexibility index (Phi) is 3.54. The molecule has 1 aromatic carbocycles. The molecule has 2 aromatic rings. The second kappa shape index (κ2) is 5.10. The summed E-state index contributed by atoms with van der Waals surface area (Å²) in [5.41, 5.74) is 2.65. The van der Waals surface area contributed by atoms with Gasteiger partial charge < -0.3 is 5.11 Å². The Labute approximate surface area is 104 Å². The molecule has 0 unspecified atom stereocenters. The highest BCUT2D eigenvalue weighted by Crippen LogP contribution is 2.13. The Morgan fingerprint density at radius 1 is 1.29 bits per heavy atom. The molecule has 1 heterocycles. The molecule has 88 valence electrons. The molecule has 17 heavy (non-hydrogen) atoms. The van der Waals surface area contributed by atoms with E-state index in [4.69, 9.17) is 5.11 Å². The minimum absolute atomic E-state index is 0.147. The third kappa shape index (κ3) is 3.14. The van der Waals surface area contributed by atoms with E-state index in [1.165, 1.54) is 22.5 Å². The van der Waals surface area contributed by atoms with Crippen molar-refractivity contribution in [3.05, 3.63) is 51.5 Å². The quantitative estimate of drug-likeness (QED) is 0.903. The van der Waals surface area contributed by atoms with E-state index in [0.717, 1.165) is 17.8 Å². The van der Waals surface area contributed by atoms with Crippen molar-refractivity contribution in [1.29, 1.82) is 0 Å². The van der Waals surface area contributed by atoms with E-state index >= 15 is 0 Å². The lowest BCUT2D eigenvalue weighted by atomic mass is 10.1. The smallest absolute Gasteiger partial charge is 0.355 e. The maximum absolute atomic E-state index is 10.7. The maximum Gasteiger partial charge on any atom is 0.355 e. The summed E-state index contributed by atoms with van der Waals surface area (Å²) >= 11 is 1.41. The molecule has 0 amide bonds. The predicted molar refractivity (Wildman–Crippen MR) is 67.7 cm³/mol. The van der Waals surface area contributed by atoms with Crippen LogP contribution in [-0.2, 0) is 12.8 Å². The van der Waals surface area contributed by atoms with Gasteiger partial charge in [-0.25, -0.2) is 9.78 Å². The number of aryl methyl sites for hydroxylation is 3. The average Bonchev–Trinajstić information content (AvgIpc) is 2.77. The largest absolute Gasteiger partial charge is 0.476 e. The Hall–Kier alpha value is -1.68. The van der Waals surface area contributed by atoms with Crippen LogP contribution >= 0.6 is 11.3 Å². The molecular weight excluding hydrogens is 234 g/mol. The van der Waals surface area contributed by atoms with Crippen LogP contribution in [0.15, 0.2) is 29.6 Å². The van der Waals surface area contributed by atoms with Gasteiger partial charge in [0.1, 0.15) is 0 Å². The van der Waals surface area contributed by atoms with Gasteiger partial charge in [0.25, 0.3) is 0 Å². The molecule has 0 bridgehead atoms. The second-order valence-corrected chi connectivity index (χ2v) is 4.86. The van der Waals surface area contributed by atoms with Crippen molar-refractivity contribution >= 4 is 17.3 Å². The van der Waals surface area contributed by atoms with Crippen molar-refractivity contribution < 1.29 is 9.90 Å². The molecule has 0 aliphatic carbocycles. The van der Waals surface area contributed by atoms with E-state index in [0.29, 0.717) is 0 Å². The molecule has 0 atom stereocenters. The molecule has 1 aromatic heterocycles. The van der Waals surface area contributed by atoms with E-state index in [9.17, 15) is 4.79 Å². The van der Waals surface area contributed by atoms with E-state index in [2.05, 4.69) is 36.2 Å². The minimum Gasteiger partial charge on any atom is -0.476 e. The van der Waals surface area contributed by atoms with Crippen molar-refractivity contribution in [3.8, 4) is 0 Å². The zero-order valence-corrected chi connectivity index (χ0v) is 10.3. The summed E-state index contributed by atoms with van der Waals surface area (Å²) in [6.45, 7) is 2.06. The van der Waals surface area contributed by atoms with Gasteiger partial charge in [0.2, 0.25) is 0 Å². The first-order valence-corrected chi connectivity index (χ1v) is 6.26. The highest BCUT2D eigenvalue weighted by Gasteiger charge is 2.08. The number of benzene rings is 1. The van der Waals surface area contributed by atoms with Crippen LogP contribution in [0.4, 0.5) is 0 Å². The van der Waals surface area contributed by atoms with Gasteiger partial charge in [-0.05, 0) is 18.9 Å². The summed E-state index contributed by atoms with van der Waals surface area (Å²) < 4.78 is 0. The van der Waals surface area contributed by atoms with Crippen LogP contribution < -0.4 is 0 Å². The lowest BCUT2D eigenvalue weighted by Gasteiger charge is -1.99. The van der Waals surface area contributed by atoms with Gasteiger partial charge in [0, 0.05) is 11.8 Å². The summed E-state index contributed by atoms with van der Waals surface area (Å²) in [7, 11) is 0. The molecule has 1 N–H and O–H groups in total. The van der Waals surface area contributed by atoms with E-state index in [-0.39, 0.29) is 5.69 Å². The van der Waals surface area contributed by atoms with Crippen LogP contribution in [0.25, 0.3) is 0 Å². The first-order chi connectivity index (χ1) is 8.15. The van der Waals surface area contributed by atoms with Crippen molar-refractivity contribution in [2.24, 2.45) is 0 Å². The molecule has 0 spiro atoms. The van der Waals surface area contributed by atoms with Gasteiger partial charge in [0.15, 0.2) is 5.69 Å². The van der Waals surface area contributed by atoms with E-state index in [1.54, 1.807) is 5.38 Å². The van der Waals surface area contributed by atoms with Crippen molar-refractivity contribution in [1.82, 2.24) is 4.98 Å². The highest BCUT2D eigenvalue weighted by atomic mass is 32.1. The SMILES string of the molecule is Cc1ccc(CCc2nc(C(=O)O)cs2)cc1. The molecule has 0 radical (unpaired) electrons. The summed E-state index contributed by atoms with van der Waals surface area (Å²) in [5, 5.41) is 11.2. The fourth-order valence-electron chi connectivity index (χ4n) is 1.53. The molecule has 2 rings (SSSR count). The molecule has 0 aliphatic rings. The molecule has 4 heteroatoms. The summed E-state index contributed by atoms with van der Waals surface area (Å²) in [6.07, 6.45) is 1.69. The number of carboxylic acids is 1. The van der Waals surface area contributed by atoms with E-state index in [1.807, 2.05) is 0 Å². The maximum atomic E-state index is 10.7. The van der Waals surface area contributed by atoms with Gasteiger partial charge in [-0.1, -0.05) is 29.8 Å². The predicted octanol–water partition coefficient (Wildman–Crippen LogP) is 2.93. The van der Waals surface area contributed by atoms with Crippen LogP contribution in [-0.4, -0.2) is 16.1 Å². The number of carbonyl (C=O) groups is 1. The number of hydrogen-bond donors (Lipinski definition) is 1. The Morgan fingerprint density at radius 3 is 2.59 bits per heavy atom. The minimum atomic E-state index is -0.956. The van der Waals surface area contributed by atoms with Gasteiger partial charge in [-0.2, -0.15) is 0 Å². The van der Waals surface area contributed by atoms with Gasteiger partial charge >= 0.3 is 5.97 Å². The van der Waals surface area contributed by atoms with Crippen LogP contribution in [0.1, 0.15) is 26.6 Å². The van der Waals surface area contributed by atoms with Crippen LogP contribution in [0.2, 0.25) is 0 Å².